The van der Waals surface area contributed by atoms with Crippen molar-refractivity contribution < 1.29 is 18.3 Å². The number of carbonyl (C=O) groups is 1. The lowest BCUT2D eigenvalue weighted by Crippen LogP contribution is -2.50. The topological polar surface area (TPSA) is 68.5 Å². The van der Waals surface area contributed by atoms with Gasteiger partial charge in [0, 0.05) is 35.8 Å². The number of amides is 1. The molecule has 1 unspecified atom stereocenters. The highest BCUT2D eigenvalue weighted by molar-refractivity contribution is 7.10. The number of hydrogen-bond acceptors (Lipinski definition) is 5. The van der Waals surface area contributed by atoms with Gasteiger partial charge < -0.3 is 10.5 Å². The van der Waals surface area contributed by atoms with Gasteiger partial charge in [-0.3, -0.25) is 9.88 Å². The van der Waals surface area contributed by atoms with Gasteiger partial charge >= 0.3 is 6.09 Å². The van der Waals surface area contributed by atoms with Crippen molar-refractivity contribution in [2.75, 3.05) is 13.1 Å². The van der Waals surface area contributed by atoms with E-state index in [0.29, 0.717) is 32.4 Å². The SMILES string of the molecule is Cc1ccc(C(C)(C)N2CC[C@@](CCc3ccc(F)s3)(C(C)(F)OC(N)=O)C2)cn1. The number of thiophene rings is 1. The van der Waals surface area contributed by atoms with Gasteiger partial charge in [0.2, 0.25) is 0 Å². The van der Waals surface area contributed by atoms with E-state index < -0.39 is 17.4 Å². The van der Waals surface area contributed by atoms with Gasteiger partial charge in [0.05, 0.1) is 5.41 Å². The highest BCUT2D eigenvalue weighted by Crippen LogP contribution is 2.50. The molecule has 3 heterocycles. The Hall–Kier alpha value is -2.06. The first-order valence-corrected chi connectivity index (χ1v) is 10.9. The minimum atomic E-state index is -2.25. The van der Waals surface area contributed by atoms with E-state index in [1.165, 1.54) is 13.0 Å². The number of hydrogen-bond donors (Lipinski definition) is 1. The predicted molar refractivity (Wildman–Crippen MR) is 113 cm³/mol. The fourth-order valence-electron chi connectivity index (χ4n) is 4.30. The van der Waals surface area contributed by atoms with Crippen LogP contribution in [-0.4, -0.2) is 34.9 Å². The lowest BCUT2D eigenvalue weighted by Gasteiger charge is -2.42. The summed E-state index contributed by atoms with van der Waals surface area (Å²) in [4.78, 5) is 18.8. The molecule has 1 aliphatic heterocycles. The van der Waals surface area contributed by atoms with Crippen LogP contribution in [0.4, 0.5) is 13.6 Å². The summed E-state index contributed by atoms with van der Waals surface area (Å²) in [6.07, 6.45) is 2.10. The third kappa shape index (κ3) is 4.49. The second-order valence-corrected chi connectivity index (χ2v) is 9.86. The highest BCUT2D eigenvalue weighted by Gasteiger charge is 2.57. The Morgan fingerprint density at radius 2 is 2.07 bits per heavy atom. The van der Waals surface area contributed by atoms with Crippen LogP contribution < -0.4 is 5.73 Å². The number of ether oxygens (including phenoxy) is 1. The van der Waals surface area contributed by atoms with Gasteiger partial charge in [0.1, 0.15) is 0 Å². The van der Waals surface area contributed by atoms with E-state index in [0.717, 1.165) is 27.5 Å². The van der Waals surface area contributed by atoms with Gasteiger partial charge in [0.15, 0.2) is 5.13 Å². The second kappa shape index (κ2) is 8.23. The summed E-state index contributed by atoms with van der Waals surface area (Å²) >= 11 is 1.06. The number of likely N-dealkylation sites (tertiary alicyclic amines) is 1. The number of primary amides is 1. The summed E-state index contributed by atoms with van der Waals surface area (Å²) in [6.45, 7) is 8.37. The third-order valence-corrected chi connectivity index (χ3v) is 7.41. The molecule has 164 valence electrons. The van der Waals surface area contributed by atoms with Crippen LogP contribution in [0.15, 0.2) is 30.5 Å². The van der Waals surface area contributed by atoms with Crippen molar-refractivity contribution in [3.8, 4) is 0 Å². The fourth-order valence-corrected chi connectivity index (χ4v) is 5.03. The average molecular weight is 438 g/mol. The van der Waals surface area contributed by atoms with E-state index in [1.54, 1.807) is 6.07 Å². The van der Waals surface area contributed by atoms with Gasteiger partial charge in [-0.25, -0.2) is 4.79 Å². The quantitative estimate of drug-likeness (QED) is 0.667. The summed E-state index contributed by atoms with van der Waals surface area (Å²) in [6, 6.07) is 7.12. The first-order chi connectivity index (χ1) is 13.9. The van der Waals surface area contributed by atoms with Crippen LogP contribution in [0.25, 0.3) is 0 Å². The molecule has 2 N–H and O–H groups in total. The molecule has 0 aromatic carbocycles. The zero-order valence-corrected chi connectivity index (χ0v) is 18.7. The first-order valence-electron chi connectivity index (χ1n) is 10.0. The Morgan fingerprint density at radius 3 is 2.63 bits per heavy atom. The molecule has 0 bridgehead atoms. The Labute approximate surface area is 180 Å². The molecule has 0 aliphatic carbocycles. The summed E-state index contributed by atoms with van der Waals surface area (Å²) in [5.74, 6) is -2.25. The number of alkyl halides is 1. The van der Waals surface area contributed by atoms with Crippen LogP contribution in [0, 0.1) is 17.5 Å². The summed E-state index contributed by atoms with van der Waals surface area (Å²) in [7, 11) is 0. The number of nitrogens with two attached hydrogens (primary N) is 1. The molecule has 2 aromatic rings. The zero-order chi connectivity index (χ0) is 22.2. The maximum atomic E-state index is 15.8. The molecule has 1 saturated heterocycles. The Kier molecular flexibility index (Phi) is 6.20. The lowest BCUT2D eigenvalue weighted by atomic mass is 9.75. The van der Waals surface area contributed by atoms with E-state index >= 15 is 4.39 Å². The number of aryl methyl sites for hydroxylation is 2. The van der Waals surface area contributed by atoms with Crippen LogP contribution in [-0.2, 0) is 16.7 Å². The number of carbonyl (C=O) groups excluding carboxylic acids is 1. The number of nitrogens with zero attached hydrogens (tertiary/aromatic N) is 2. The zero-order valence-electron chi connectivity index (χ0n) is 17.9. The normalized spacial score (nSPS) is 22.1. The monoisotopic (exact) mass is 437 g/mol. The van der Waals surface area contributed by atoms with E-state index in [9.17, 15) is 9.18 Å². The van der Waals surface area contributed by atoms with Crippen molar-refractivity contribution in [3.63, 3.8) is 0 Å². The maximum Gasteiger partial charge on any atom is 0.407 e. The summed E-state index contributed by atoms with van der Waals surface area (Å²) in [5.41, 5.74) is 5.78. The van der Waals surface area contributed by atoms with E-state index in [4.69, 9.17) is 10.5 Å². The minimum absolute atomic E-state index is 0.267. The van der Waals surface area contributed by atoms with Crippen molar-refractivity contribution >= 4 is 17.4 Å². The number of aromatic nitrogens is 1. The first kappa shape index (κ1) is 22.6. The molecule has 30 heavy (non-hydrogen) atoms. The molecule has 0 spiro atoms. The van der Waals surface area contributed by atoms with E-state index in [2.05, 4.69) is 23.7 Å². The number of pyridine rings is 1. The van der Waals surface area contributed by atoms with Crippen molar-refractivity contribution in [3.05, 3.63) is 51.7 Å². The number of halogens is 2. The minimum Gasteiger partial charge on any atom is -0.412 e. The summed E-state index contributed by atoms with van der Waals surface area (Å²) < 4.78 is 34.2. The Bertz CT molecular complexity index is 898. The molecule has 0 radical (unpaired) electrons. The Morgan fingerprint density at radius 1 is 1.33 bits per heavy atom. The van der Waals surface area contributed by atoms with Crippen LogP contribution in [0.2, 0.25) is 0 Å². The van der Waals surface area contributed by atoms with Crippen molar-refractivity contribution in [2.45, 2.75) is 58.4 Å². The molecule has 5 nitrogen and oxygen atoms in total. The lowest BCUT2D eigenvalue weighted by molar-refractivity contribution is -0.171. The maximum absolute atomic E-state index is 15.8. The van der Waals surface area contributed by atoms with Gasteiger partial charge in [-0.2, -0.15) is 8.78 Å². The van der Waals surface area contributed by atoms with Crippen LogP contribution in [0.5, 0.6) is 0 Å². The van der Waals surface area contributed by atoms with Crippen LogP contribution in [0.3, 0.4) is 0 Å². The smallest absolute Gasteiger partial charge is 0.407 e. The molecular weight excluding hydrogens is 408 g/mol. The third-order valence-electron chi connectivity index (χ3n) is 6.48. The second-order valence-electron chi connectivity index (χ2n) is 8.74. The molecule has 1 aliphatic rings. The summed E-state index contributed by atoms with van der Waals surface area (Å²) in [5, 5.41) is -0.267. The predicted octanol–water partition coefficient (Wildman–Crippen LogP) is 4.93. The molecule has 1 amide bonds. The molecule has 8 heteroatoms. The highest BCUT2D eigenvalue weighted by atomic mass is 32.1. The van der Waals surface area contributed by atoms with Crippen molar-refractivity contribution in [1.29, 1.82) is 0 Å². The van der Waals surface area contributed by atoms with Gasteiger partial charge in [-0.15, -0.1) is 11.3 Å². The van der Waals surface area contributed by atoms with Gasteiger partial charge in [-0.05, 0) is 70.3 Å². The van der Waals surface area contributed by atoms with Crippen LogP contribution >= 0.6 is 11.3 Å². The molecule has 2 atom stereocenters. The largest absolute Gasteiger partial charge is 0.412 e. The van der Waals surface area contributed by atoms with Crippen molar-refractivity contribution in [1.82, 2.24) is 9.88 Å². The standard InChI is InChI=1S/C22H29F2N3O2S/c1-15-5-6-16(13-26-15)20(2,3)27-12-11-22(14-27,21(4,24)29-19(25)28)10-9-17-7-8-18(23)30-17/h5-8,13H,9-12,14H2,1-4H3,(H2,25,28)/t21?,22-/m1/s1. The van der Waals surface area contributed by atoms with Gasteiger partial charge in [-0.1, -0.05) is 6.07 Å². The molecule has 1 fully saturated rings. The fraction of sp³-hybridized carbons (Fsp3) is 0.545. The van der Waals surface area contributed by atoms with Gasteiger partial charge in [0.25, 0.3) is 5.85 Å². The number of rotatable bonds is 7. The molecule has 0 saturated carbocycles. The molecular formula is C22H29F2N3O2S. The van der Waals surface area contributed by atoms with Crippen molar-refractivity contribution in [2.24, 2.45) is 11.1 Å². The van der Waals surface area contributed by atoms with E-state index in [-0.39, 0.29) is 10.7 Å². The van der Waals surface area contributed by atoms with Crippen LogP contribution in [0.1, 0.15) is 49.7 Å². The molecule has 3 rings (SSSR count). The molecule has 2 aromatic heterocycles. The average Bonchev–Trinajstić information content (AvgIpc) is 3.27. The van der Waals surface area contributed by atoms with E-state index in [1.807, 2.05) is 25.3 Å². The Balaban J connectivity index is 1.87.